The molecule has 0 aliphatic heterocycles. The Balaban J connectivity index is 2.46. The van der Waals surface area contributed by atoms with E-state index in [-0.39, 0.29) is 5.78 Å². The summed E-state index contributed by atoms with van der Waals surface area (Å²) >= 11 is 0. The Morgan fingerprint density at radius 3 is 2.58 bits per heavy atom. The predicted octanol–water partition coefficient (Wildman–Crippen LogP) is 4.29. The number of benzene rings is 2. The molecule has 0 aliphatic carbocycles. The SMILES string of the molecule is CCCOC(C(=O)CC)c1cccc2ccccc12. The van der Waals surface area contributed by atoms with Gasteiger partial charge in [0.25, 0.3) is 0 Å². The third-order valence-electron chi connectivity index (χ3n) is 3.24. The number of carbonyl (C=O) groups is 1. The maximum Gasteiger partial charge on any atom is 0.165 e. The topological polar surface area (TPSA) is 26.3 Å². The second-order valence-corrected chi connectivity index (χ2v) is 4.64. The molecule has 0 N–H and O–H groups in total. The van der Waals surface area contributed by atoms with Gasteiger partial charge in [0.05, 0.1) is 0 Å². The molecule has 0 bridgehead atoms. The Morgan fingerprint density at radius 1 is 1.11 bits per heavy atom. The van der Waals surface area contributed by atoms with E-state index in [9.17, 15) is 4.79 Å². The van der Waals surface area contributed by atoms with Crippen LogP contribution < -0.4 is 0 Å². The molecule has 0 aliphatic rings. The number of fused-ring (bicyclic) bond motifs is 1. The van der Waals surface area contributed by atoms with E-state index in [1.165, 1.54) is 0 Å². The summed E-state index contributed by atoms with van der Waals surface area (Å²) in [5.74, 6) is 0.143. The maximum atomic E-state index is 12.1. The van der Waals surface area contributed by atoms with Crippen LogP contribution >= 0.6 is 0 Å². The van der Waals surface area contributed by atoms with E-state index in [1.807, 2.05) is 31.2 Å². The van der Waals surface area contributed by atoms with E-state index < -0.39 is 6.10 Å². The Bertz CT molecular complexity index is 555. The molecule has 19 heavy (non-hydrogen) atoms. The van der Waals surface area contributed by atoms with Gasteiger partial charge in [0.15, 0.2) is 5.78 Å². The van der Waals surface area contributed by atoms with E-state index in [0.717, 1.165) is 22.8 Å². The lowest BCUT2D eigenvalue weighted by Gasteiger charge is -2.18. The van der Waals surface area contributed by atoms with Crippen LogP contribution in [-0.4, -0.2) is 12.4 Å². The van der Waals surface area contributed by atoms with Gasteiger partial charge in [-0.05, 0) is 22.8 Å². The van der Waals surface area contributed by atoms with Gasteiger partial charge in [0.1, 0.15) is 6.10 Å². The lowest BCUT2D eigenvalue weighted by Crippen LogP contribution is -2.16. The molecule has 0 fully saturated rings. The van der Waals surface area contributed by atoms with Crippen molar-refractivity contribution in [1.29, 1.82) is 0 Å². The number of carbonyl (C=O) groups excluding carboxylic acids is 1. The van der Waals surface area contributed by atoms with Crippen molar-refractivity contribution in [2.24, 2.45) is 0 Å². The van der Waals surface area contributed by atoms with Crippen molar-refractivity contribution in [2.45, 2.75) is 32.8 Å². The fourth-order valence-electron chi connectivity index (χ4n) is 2.26. The van der Waals surface area contributed by atoms with Gasteiger partial charge in [0.2, 0.25) is 0 Å². The highest BCUT2D eigenvalue weighted by Crippen LogP contribution is 2.28. The normalized spacial score (nSPS) is 12.5. The third kappa shape index (κ3) is 3.02. The number of hydrogen-bond acceptors (Lipinski definition) is 2. The highest BCUT2D eigenvalue weighted by molar-refractivity contribution is 5.92. The standard InChI is InChI=1S/C17H20O2/c1-3-12-19-17(16(18)4-2)15-11-7-9-13-8-5-6-10-14(13)15/h5-11,17H,3-4,12H2,1-2H3. The number of hydrogen-bond donors (Lipinski definition) is 0. The first-order chi connectivity index (χ1) is 9.27. The molecule has 0 radical (unpaired) electrons. The van der Waals surface area contributed by atoms with Crippen molar-refractivity contribution < 1.29 is 9.53 Å². The van der Waals surface area contributed by atoms with Crippen molar-refractivity contribution in [1.82, 2.24) is 0 Å². The van der Waals surface area contributed by atoms with Crippen LogP contribution in [-0.2, 0) is 9.53 Å². The molecule has 0 spiro atoms. The Hall–Kier alpha value is -1.67. The Kier molecular flexibility index (Phi) is 4.69. The van der Waals surface area contributed by atoms with E-state index in [0.29, 0.717) is 13.0 Å². The van der Waals surface area contributed by atoms with Gasteiger partial charge >= 0.3 is 0 Å². The summed E-state index contributed by atoms with van der Waals surface area (Å²) in [6.07, 6.45) is 0.978. The van der Waals surface area contributed by atoms with Gasteiger partial charge < -0.3 is 4.74 Å². The molecule has 0 saturated heterocycles. The van der Waals surface area contributed by atoms with Gasteiger partial charge in [-0.2, -0.15) is 0 Å². The first-order valence-corrected chi connectivity index (χ1v) is 6.89. The molecule has 2 aromatic carbocycles. The largest absolute Gasteiger partial charge is 0.366 e. The van der Waals surface area contributed by atoms with Crippen LogP contribution in [0.4, 0.5) is 0 Å². The molecular formula is C17H20O2. The summed E-state index contributed by atoms with van der Waals surface area (Å²) in [5.41, 5.74) is 0.985. The van der Waals surface area contributed by atoms with E-state index in [2.05, 4.69) is 25.1 Å². The van der Waals surface area contributed by atoms with Crippen molar-refractivity contribution in [3.05, 3.63) is 48.0 Å². The molecule has 2 aromatic rings. The number of ketones is 1. The summed E-state index contributed by atoms with van der Waals surface area (Å²) in [4.78, 5) is 12.1. The monoisotopic (exact) mass is 256 g/mol. The van der Waals surface area contributed by atoms with Crippen molar-refractivity contribution in [3.63, 3.8) is 0 Å². The van der Waals surface area contributed by atoms with Crippen LogP contribution in [0.3, 0.4) is 0 Å². The molecule has 2 heteroatoms. The van der Waals surface area contributed by atoms with Crippen LogP contribution in [0.25, 0.3) is 10.8 Å². The lowest BCUT2D eigenvalue weighted by molar-refractivity contribution is -0.130. The first kappa shape index (κ1) is 13.8. The average Bonchev–Trinajstić information content (AvgIpc) is 2.47. The van der Waals surface area contributed by atoms with Crippen LogP contribution in [0.5, 0.6) is 0 Å². The van der Waals surface area contributed by atoms with Crippen LogP contribution in [0.1, 0.15) is 38.4 Å². The smallest absolute Gasteiger partial charge is 0.165 e. The van der Waals surface area contributed by atoms with Crippen LogP contribution in [0, 0.1) is 0 Å². The summed E-state index contributed by atoms with van der Waals surface area (Å²) in [5, 5.41) is 2.25. The first-order valence-electron chi connectivity index (χ1n) is 6.89. The highest BCUT2D eigenvalue weighted by Gasteiger charge is 2.21. The minimum Gasteiger partial charge on any atom is -0.366 e. The fraction of sp³-hybridized carbons (Fsp3) is 0.353. The zero-order valence-electron chi connectivity index (χ0n) is 11.6. The second-order valence-electron chi connectivity index (χ2n) is 4.64. The lowest BCUT2D eigenvalue weighted by atomic mass is 9.97. The Labute approximate surface area is 114 Å². The number of ether oxygens (including phenoxy) is 1. The molecule has 0 heterocycles. The number of rotatable bonds is 6. The summed E-state index contributed by atoms with van der Waals surface area (Å²) in [6, 6.07) is 14.2. The molecule has 100 valence electrons. The van der Waals surface area contributed by atoms with Gasteiger partial charge in [-0.3, -0.25) is 4.79 Å². The molecule has 0 amide bonds. The molecule has 2 nitrogen and oxygen atoms in total. The maximum absolute atomic E-state index is 12.1. The molecule has 0 saturated carbocycles. The van der Waals surface area contributed by atoms with Crippen LogP contribution in [0.2, 0.25) is 0 Å². The van der Waals surface area contributed by atoms with Crippen molar-refractivity contribution >= 4 is 16.6 Å². The average molecular weight is 256 g/mol. The van der Waals surface area contributed by atoms with Gasteiger partial charge in [0, 0.05) is 13.0 Å². The van der Waals surface area contributed by atoms with Crippen LogP contribution in [0.15, 0.2) is 42.5 Å². The van der Waals surface area contributed by atoms with E-state index >= 15 is 0 Å². The minimum absolute atomic E-state index is 0.143. The third-order valence-corrected chi connectivity index (χ3v) is 3.24. The van der Waals surface area contributed by atoms with E-state index in [4.69, 9.17) is 4.74 Å². The highest BCUT2D eigenvalue weighted by atomic mass is 16.5. The zero-order valence-corrected chi connectivity index (χ0v) is 11.6. The quantitative estimate of drug-likeness (QED) is 0.770. The van der Waals surface area contributed by atoms with Crippen molar-refractivity contribution in [3.8, 4) is 0 Å². The van der Waals surface area contributed by atoms with Gasteiger partial charge in [-0.25, -0.2) is 0 Å². The van der Waals surface area contributed by atoms with E-state index in [1.54, 1.807) is 0 Å². The van der Waals surface area contributed by atoms with Crippen molar-refractivity contribution in [2.75, 3.05) is 6.61 Å². The fourth-order valence-corrected chi connectivity index (χ4v) is 2.26. The second kappa shape index (κ2) is 6.48. The van der Waals surface area contributed by atoms with Gasteiger partial charge in [-0.1, -0.05) is 56.3 Å². The summed E-state index contributed by atoms with van der Waals surface area (Å²) in [7, 11) is 0. The summed E-state index contributed by atoms with van der Waals surface area (Å²) < 4.78 is 5.79. The molecule has 0 aromatic heterocycles. The Morgan fingerprint density at radius 2 is 1.84 bits per heavy atom. The molecular weight excluding hydrogens is 236 g/mol. The molecule has 1 unspecified atom stereocenters. The molecule has 2 rings (SSSR count). The predicted molar refractivity (Wildman–Crippen MR) is 78.2 cm³/mol. The molecule has 1 atom stereocenters. The zero-order chi connectivity index (χ0) is 13.7. The van der Waals surface area contributed by atoms with Gasteiger partial charge in [-0.15, -0.1) is 0 Å². The minimum atomic E-state index is -0.434. The summed E-state index contributed by atoms with van der Waals surface area (Å²) in [6.45, 7) is 4.55. The number of Topliss-reactive ketones (excluding diaryl/α,β-unsaturated/α-hetero) is 1.